The predicted octanol–water partition coefficient (Wildman–Crippen LogP) is 2.68. The standard InChI is InChI=1S/C19H33N5O2.HI/c1-4-15(5-2)18-12-17(26-22-18)13-21-19(20-3)24-7-6-16(14-24)23-8-10-25-11-9-23;/h12,15-16H,4-11,13-14H2,1-3H3,(H,20,21);1H. The van der Waals surface area contributed by atoms with Crippen LogP contribution in [-0.4, -0.2) is 73.4 Å². The lowest BCUT2D eigenvalue weighted by Crippen LogP contribution is -2.46. The van der Waals surface area contributed by atoms with E-state index < -0.39 is 0 Å². The molecule has 7 nitrogen and oxygen atoms in total. The Balaban J connectivity index is 0.00000261. The van der Waals surface area contributed by atoms with E-state index >= 15 is 0 Å². The monoisotopic (exact) mass is 491 g/mol. The number of aromatic nitrogens is 1. The molecule has 0 amide bonds. The van der Waals surface area contributed by atoms with Gasteiger partial charge in [0.05, 0.1) is 25.5 Å². The van der Waals surface area contributed by atoms with Gasteiger partial charge in [-0.1, -0.05) is 19.0 Å². The van der Waals surface area contributed by atoms with Crippen molar-refractivity contribution in [3.63, 3.8) is 0 Å². The molecule has 8 heteroatoms. The van der Waals surface area contributed by atoms with Crippen LogP contribution < -0.4 is 5.32 Å². The van der Waals surface area contributed by atoms with E-state index in [-0.39, 0.29) is 24.0 Å². The van der Waals surface area contributed by atoms with Gasteiger partial charge in [-0.05, 0) is 19.3 Å². The lowest BCUT2D eigenvalue weighted by molar-refractivity contribution is 0.0195. The maximum absolute atomic E-state index is 5.51. The highest BCUT2D eigenvalue weighted by molar-refractivity contribution is 14.0. The van der Waals surface area contributed by atoms with Crippen molar-refractivity contribution in [2.75, 3.05) is 46.4 Å². The lowest BCUT2D eigenvalue weighted by Gasteiger charge is -2.32. The number of guanidine groups is 1. The van der Waals surface area contributed by atoms with E-state index in [4.69, 9.17) is 9.26 Å². The average molecular weight is 491 g/mol. The second kappa shape index (κ2) is 11.2. The molecule has 2 saturated heterocycles. The number of halogens is 1. The molecule has 0 saturated carbocycles. The number of rotatable bonds is 6. The van der Waals surface area contributed by atoms with Crippen molar-refractivity contribution in [1.29, 1.82) is 0 Å². The Hall–Kier alpha value is -0.870. The normalized spacial score (nSPS) is 21.6. The van der Waals surface area contributed by atoms with Crippen molar-refractivity contribution in [2.24, 2.45) is 4.99 Å². The Morgan fingerprint density at radius 1 is 1.30 bits per heavy atom. The van der Waals surface area contributed by atoms with Gasteiger partial charge in [0.25, 0.3) is 0 Å². The third kappa shape index (κ3) is 5.80. The third-order valence-corrected chi connectivity index (χ3v) is 5.64. The molecule has 1 N–H and O–H groups in total. The van der Waals surface area contributed by atoms with Crippen LogP contribution in [0.15, 0.2) is 15.6 Å². The van der Waals surface area contributed by atoms with Gasteiger partial charge in [-0.15, -0.1) is 24.0 Å². The first-order chi connectivity index (χ1) is 12.7. The molecule has 1 aromatic rings. The van der Waals surface area contributed by atoms with Crippen LogP contribution in [0.5, 0.6) is 0 Å². The van der Waals surface area contributed by atoms with Crippen LogP contribution in [-0.2, 0) is 11.3 Å². The number of hydrogen-bond acceptors (Lipinski definition) is 5. The summed E-state index contributed by atoms with van der Waals surface area (Å²) in [6.07, 6.45) is 3.37. The van der Waals surface area contributed by atoms with E-state index in [9.17, 15) is 0 Å². The first kappa shape index (κ1) is 22.4. The predicted molar refractivity (Wildman–Crippen MR) is 118 cm³/mol. The second-order valence-corrected chi connectivity index (χ2v) is 7.17. The van der Waals surface area contributed by atoms with E-state index in [2.05, 4.69) is 45.2 Å². The summed E-state index contributed by atoms with van der Waals surface area (Å²) < 4.78 is 11.0. The topological polar surface area (TPSA) is 66.1 Å². The maximum atomic E-state index is 5.51. The molecule has 0 bridgehead atoms. The molecular weight excluding hydrogens is 457 g/mol. The summed E-state index contributed by atoms with van der Waals surface area (Å²) in [5.74, 6) is 2.30. The van der Waals surface area contributed by atoms with Crippen LogP contribution in [0, 0.1) is 0 Å². The fourth-order valence-electron chi connectivity index (χ4n) is 3.98. The molecule has 1 unspecified atom stereocenters. The van der Waals surface area contributed by atoms with Gasteiger partial charge in [-0.3, -0.25) is 9.89 Å². The Morgan fingerprint density at radius 3 is 2.70 bits per heavy atom. The maximum Gasteiger partial charge on any atom is 0.194 e. The molecule has 154 valence electrons. The molecule has 0 aliphatic carbocycles. The Kier molecular flexibility index (Phi) is 9.31. The van der Waals surface area contributed by atoms with E-state index in [1.54, 1.807) is 0 Å². The summed E-state index contributed by atoms with van der Waals surface area (Å²) in [4.78, 5) is 9.36. The van der Waals surface area contributed by atoms with E-state index in [1.807, 2.05) is 7.05 Å². The van der Waals surface area contributed by atoms with Crippen molar-refractivity contribution in [3.05, 3.63) is 17.5 Å². The third-order valence-electron chi connectivity index (χ3n) is 5.64. The minimum atomic E-state index is 0. The van der Waals surface area contributed by atoms with Crippen molar-refractivity contribution < 1.29 is 9.26 Å². The van der Waals surface area contributed by atoms with E-state index in [0.29, 0.717) is 18.5 Å². The highest BCUT2D eigenvalue weighted by atomic mass is 127. The van der Waals surface area contributed by atoms with Gasteiger partial charge in [0.2, 0.25) is 0 Å². The Bertz CT molecular complexity index is 584. The summed E-state index contributed by atoms with van der Waals surface area (Å²) >= 11 is 0. The number of hydrogen-bond donors (Lipinski definition) is 1. The molecule has 0 spiro atoms. The second-order valence-electron chi connectivity index (χ2n) is 7.17. The van der Waals surface area contributed by atoms with Crippen LogP contribution in [0.2, 0.25) is 0 Å². The minimum absolute atomic E-state index is 0. The van der Waals surface area contributed by atoms with Gasteiger partial charge in [0, 0.05) is 51.3 Å². The highest BCUT2D eigenvalue weighted by Crippen LogP contribution is 2.22. The molecule has 27 heavy (non-hydrogen) atoms. The molecule has 1 aromatic heterocycles. The molecular formula is C19H34IN5O2. The molecule has 3 heterocycles. The molecule has 2 aliphatic heterocycles. The SMILES string of the molecule is CCC(CC)c1cc(CNC(=NC)N2CCC(N3CCOCC3)C2)on1.I. The molecule has 3 rings (SSSR count). The number of nitrogens with zero attached hydrogens (tertiary/aromatic N) is 4. The van der Waals surface area contributed by atoms with Gasteiger partial charge in [0.1, 0.15) is 0 Å². The number of morpholine rings is 1. The molecule has 2 aliphatic rings. The summed E-state index contributed by atoms with van der Waals surface area (Å²) in [7, 11) is 1.85. The summed E-state index contributed by atoms with van der Waals surface area (Å²) in [5.41, 5.74) is 1.07. The molecule has 2 fully saturated rings. The zero-order chi connectivity index (χ0) is 18.4. The van der Waals surface area contributed by atoms with Gasteiger partial charge >= 0.3 is 0 Å². The first-order valence-corrected chi connectivity index (χ1v) is 9.98. The highest BCUT2D eigenvalue weighted by Gasteiger charge is 2.30. The fourth-order valence-corrected chi connectivity index (χ4v) is 3.98. The van der Waals surface area contributed by atoms with E-state index in [1.165, 1.54) is 6.42 Å². The van der Waals surface area contributed by atoms with Crippen molar-refractivity contribution >= 4 is 29.9 Å². The summed E-state index contributed by atoms with van der Waals surface area (Å²) in [6, 6.07) is 2.68. The minimum Gasteiger partial charge on any atom is -0.379 e. The lowest BCUT2D eigenvalue weighted by atomic mass is 9.99. The van der Waals surface area contributed by atoms with Gasteiger partial charge in [0.15, 0.2) is 11.7 Å². The molecule has 0 aromatic carbocycles. The van der Waals surface area contributed by atoms with Crippen LogP contribution in [0.1, 0.15) is 50.5 Å². The number of aliphatic imine (C=N–C) groups is 1. The van der Waals surface area contributed by atoms with Crippen molar-refractivity contribution in [3.8, 4) is 0 Å². The Morgan fingerprint density at radius 2 is 2.04 bits per heavy atom. The summed E-state index contributed by atoms with van der Waals surface area (Å²) in [6.45, 7) is 10.9. The zero-order valence-electron chi connectivity index (χ0n) is 16.8. The first-order valence-electron chi connectivity index (χ1n) is 9.98. The van der Waals surface area contributed by atoms with Crippen LogP contribution >= 0.6 is 24.0 Å². The Labute approximate surface area is 179 Å². The van der Waals surface area contributed by atoms with Crippen LogP contribution in [0.4, 0.5) is 0 Å². The smallest absolute Gasteiger partial charge is 0.194 e. The van der Waals surface area contributed by atoms with Gasteiger partial charge in [-0.2, -0.15) is 0 Å². The van der Waals surface area contributed by atoms with Gasteiger partial charge in [-0.25, -0.2) is 0 Å². The fraction of sp³-hybridized carbons (Fsp3) is 0.789. The molecule has 1 atom stereocenters. The number of likely N-dealkylation sites (tertiary alicyclic amines) is 1. The summed E-state index contributed by atoms with van der Waals surface area (Å²) in [5, 5.41) is 7.68. The van der Waals surface area contributed by atoms with Crippen LogP contribution in [0.3, 0.4) is 0 Å². The van der Waals surface area contributed by atoms with Gasteiger partial charge < -0.3 is 19.5 Å². The number of nitrogens with one attached hydrogen (secondary N) is 1. The largest absolute Gasteiger partial charge is 0.379 e. The van der Waals surface area contributed by atoms with E-state index in [0.717, 1.165) is 69.6 Å². The quantitative estimate of drug-likeness (QED) is 0.375. The van der Waals surface area contributed by atoms with Crippen molar-refractivity contribution in [2.45, 2.75) is 51.6 Å². The van der Waals surface area contributed by atoms with Crippen molar-refractivity contribution in [1.82, 2.24) is 20.3 Å². The number of ether oxygens (including phenoxy) is 1. The van der Waals surface area contributed by atoms with Crippen LogP contribution in [0.25, 0.3) is 0 Å². The molecule has 0 radical (unpaired) electrons. The average Bonchev–Trinajstić information content (AvgIpc) is 3.35. The zero-order valence-corrected chi connectivity index (χ0v) is 19.1.